The van der Waals surface area contributed by atoms with E-state index < -0.39 is 0 Å². The molecule has 0 N–H and O–H groups in total. The van der Waals surface area contributed by atoms with Crippen molar-refractivity contribution in [2.24, 2.45) is 7.05 Å². The SMILES string of the molecule is CCn1nc(CC(=O)c2ccnn2C)c2ccccc21. The molecular formula is C15H16N4O. The molecule has 0 bridgehead atoms. The van der Waals surface area contributed by atoms with E-state index >= 15 is 0 Å². The summed E-state index contributed by atoms with van der Waals surface area (Å²) in [5.41, 5.74) is 2.51. The summed E-state index contributed by atoms with van der Waals surface area (Å²) in [6.07, 6.45) is 1.93. The van der Waals surface area contributed by atoms with Gasteiger partial charge < -0.3 is 0 Å². The first-order valence-electron chi connectivity index (χ1n) is 6.66. The van der Waals surface area contributed by atoms with E-state index in [1.807, 2.05) is 35.9 Å². The second kappa shape index (κ2) is 4.92. The van der Waals surface area contributed by atoms with Crippen LogP contribution >= 0.6 is 0 Å². The van der Waals surface area contributed by atoms with E-state index in [9.17, 15) is 4.79 Å². The van der Waals surface area contributed by atoms with Crippen LogP contribution in [0.4, 0.5) is 0 Å². The third-order valence-electron chi connectivity index (χ3n) is 3.47. The number of aromatic nitrogens is 4. The Bertz CT molecular complexity index is 769. The van der Waals surface area contributed by atoms with Gasteiger partial charge >= 0.3 is 0 Å². The van der Waals surface area contributed by atoms with Gasteiger partial charge in [-0.3, -0.25) is 14.2 Å². The number of para-hydroxylation sites is 1. The van der Waals surface area contributed by atoms with Crippen LogP contribution in [0.15, 0.2) is 36.5 Å². The number of benzene rings is 1. The van der Waals surface area contributed by atoms with Gasteiger partial charge in [0.05, 0.1) is 17.6 Å². The van der Waals surface area contributed by atoms with Gasteiger partial charge in [0.2, 0.25) is 0 Å². The van der Waals surface area contributed by atoms with Gasteiger partial charge in [-0.05, 0) is 19.1 Å². The summed E-state index contributed by atoms with van der Waals surface area (Å²) >= 11 is 0. The molecule has 3 aromatic rings. The molecular weight excluding hydrogens is 252 g/mol. The molecule has 1 aromatic carbocycles. The van der Waals surface area contributed by atoms with Crippen LogP contribution in [0, 0.1) is 0 Å². The fourth-order valence-electron chi connectivity index (χ4n) is 2.46. The maximum atomic E-state index is 12.3. The highest BCUT2D eigenvalue weighted by atomic mass is 16.1. The van der Waals surface area contributed by atoms with Crippen LogP contribution in [0.5, 0.6) is 0 Å². The van der Waals surface area contributed by atoms with Gasteiger partial charge in [0.15, 0.2) is 5.78 Å². The smallest absolute Gasteiger partial charge is 0.186 e. The number of carbonyl (C=O) groups excluding carboxylic acids is 1. The first kappa shape index (κ1) is 12.6. The Morgan fingerprint density at radius 2 is 2.05 bits per heavy atom. The molecule has 2 aromatic heterocycles. The quantitative estimate of drug-likeness (QED) is 0.682. The molecule has 0 spiro atoms. The molecule has 0 aliphatic carbocycles. The van der Waals surface area contributed by atoms with Crippen molar-refractivity contribution in [1.82, 2.24) is 19.6 Å². The van der Waals surface area contributed by atoms with Crippen molar-refractivity contribution >= 4 is 16.7 Å². The number of rotatable bonds is 4. The zero-order chi connectivity index (χ0) is 14.1. The molecule has 2 heterocycles. The van der Waals surface area contributed by atoms with Gasteiger partial charge in [0.1, 0.15) is 5.69 Å². The Hall–Kier alpha value is -2.43. The van der Waals surface area contributed by atoms with Crippen molar-refractivity contribution in [2.45, 2.75) is 19.9 Å². The van der Waals surface area contributed by atoms with Crippen LogP contribution in [0.1, 0.15) is 23.1 Å². The highest BCUT2D eigenvalue weighted by Gasteiger charge is 2.16. The number of aryl methyl sites for hydroxylation is 2. The summed E-state index contributed by atoms with van der Waals surface area (Å²) in [6, 6.07) is 9.75. The van der Waals surface area contributed by atoms with Crippen LogP contribution in [-0.4, -0.2) is 25.3 Å². The molecule has 0 fully saturated rings. The molecule has 5 nitrogen and oxygen atoms in total. The molecule has 0 aliphatic heterocycles. The molecule has 0 radical (unpaired) electrons. The number of carbonyl (C=O) groups is 1. The number of hydrogen-bond acceptors (Lipinski definition) is 3. The molecule has 20 heavy (non-hydrogen) atoms. The third-order valence-corrected chi connectivity index (χ3v) is 3.47. The lowest BCUT2D eigenvalue weighted by Gasteiger charge is -1.99. The summed E-state index contributed by atoms with van der Waals surface area (Å²) in [5, 5.41) is 9.63. The number of nitrogens with zero attached hydrogens (tertiary/aromatic N) is 4. The molecule has 102 valence electrons. The minimum absolute atomic E-state index is 0.0384. The van der Waals surface area contributed by atoms with E-state index in [0.29, 0.717) is 12.1 Å². The van der Waals surface area contributed by atoms with Crippen LogP contribution in [-0.2, 0) is 20.0 Å². The van der Waals surface area contributed by atoms with Gasteiger partial charge in [-0.1, -0.05) is 18.2 Å². The molecule has 3 rings (SSSR count). The minimum atomic E-state index is 0.0384. The van der Waals surface area contributed by atoms with Crippen molar-refractivity contribution in [3.05, 3.63) is 47.9 Å². The molecule has 0 amide bonds. The molecule has 0 saturated heterocycles. The summed E-state index contributed by atoms with van der Waals surface area (Å²) < 4.78 is 3.53. The van der Waals surface area contributed by atoms with E-state index in [0.717, 1.165) is 23.1 Å². The zero-order valence-corrected chi connectivity index (χ0v) is 11.6. The number of ketones is 1. The molecule has 0 aliphatic rings. The van der Waals surface area contributed by atoms with E-state index in [1.165, 1.54) is 0 Å². The van der Waals surface area contributed by atoms with E-state index in [1.54, 1.807) is 24.0 Å². The van der Waals surface area contributed by atoms with Crippen LogP contribution in [0.25, 0.3) is 10.9 Å². The van der Waals surface area contributed by atoms with Crippen LogP contribution in [0.3, 0.4) is 0 Å². The lowest BCUT2D eigenvalue weighted by atomic mass is 10.1. The molecule has 0 unspecified atom stereocenters. The first-order valence-corrected chi connectivity index (χ1v) is 6.66. The van der Waals surface area contributed by atoms with E-state index in [4.69, 9.17) is 0 Å². The highest BCUT2D eigenvalue weighted by Crippen LogP contribution is 2.19. The summed E-state index contributed by atoms with van der Waals surface area (Å²) in [4.78, 5) is 12.3. The predicted octanol–water partition coefficient (Wildman–Crippen LogP) is 2.22. The molecule has 0 saturated carbocycles. The number of fused-ring (bicyclic) bond motifs is 1. The van der Waals surface area contributed by atoms with Gasteiger partial charge in [0.25, 0.3) is 0 Å². The fraction of sp³-hybridized carbons (Fsp3) is 0.267. The normalized spacial score (nSPS) is 11.1. The molecule has 0 atom stereocenters. The fourth-order valence-corrected chi connectivity index (χ4v) is 2.46. The summed E-state index contributed by atoms with van der Waals surface area (Å²) in [7, 11) is 1.77. The first-order chi connectivity index (χ1) is 9.70. The Kier molecular flexibility index (Phi) is 3.10. The minimum Gasteiger partial charge on any atom is -0.292 e. The second-order valence-electron chi connectivity index (χ2n) is 4.72. The third kappa shape index (κ3) is 2.01. The summed E-state index contributed by atoms with van der Waals surface area (Å²) in [5.74, 6) is 0.0384. The average molecular weight is 268 g/mol. The lowest BCUT2D eigenvalue weighted by Crippen LogP contribution is -2.10. The van der Waals surface area contributed by atoms with Gasteiger partial charge in [-0.25, -0.2) is 0 Å². The molecule has 5 heteroatoms. The highest BCUT2D eigenvalue weighted by molar-refractivity contribution is 5.98. The van der Waals surface area contributed by atoms with E-state index in [-0.39, 0.29) is 5.78 Å². The Morgan fingerprint density at radius 1 is 1.25 bits per heavy atom. The van der Waals surface area contributed by atoms with Gasteiger partial charge in [-0.2, -0.15) is 10.2 Å². The van der Waals surface area contributed by atoms with Gasteiger partial charge in [0, 0.05) is 25.2 Å². The number of Topliss-reactive ketones (excluding diaryl/α,β-unsaturated/α-hetero) is 1. The van der Waals surface area contributed by atoms with Gasteiger partial charge in [-0.15, -0.1) is 0 Å². The second-order valence-corrected chi connectivity index (χ2v) is 4.72. The average Bonchev–Trinajstić information content (AvgIpc) is 3.03. The van der Waals surface area contributed by atoms with Crippen LogP contribution < -0.4 is 0 Å². The zero-order valence-electron chi connectivity index (χ0n) is 11.6. The lowest BCUT2D eigenvalue weighted by molar-refractivity contribution is 0.0983. The van der Waals surface area contributed by atoms with Crippen molar-refractivity contribution in [2.75, 3.05) is 0 Å². The maximum Gasteiger partial charge on any atom is 0.186 e. The number of hydrogen-bond donors (Lipinski definition) is 0. The standard InChI is InChI=1S/C15H16N4O/c1-3-19-13-7-5-4-6-11(13)12(17-19)10-15(20)14-8-9-16-18(14)2/h4-9H,3,10H2,1-2H3. The van der Waals surface area contributed by atoms with Crippen molar-refractivity contribution in [3.63, 3.8) is 0 Å². The van der Waals surface area contributed by atoms with Crippen molar-refractivity contribution in [3.8, 4) is 0 Å². The topological polar surface area (TPSA) is 52.7 Å². The van der Waals surface area contributed by atoms with Crippen LogP contribution in [0.2, 0.25) is 0 Å². The van der Waals surface area contributed by atoms with E-state index in [2.05, 4.69) is 10.2 Å². The van der Waals surface area contributed by atoms with Crippen molar-refractivity contribution in [1.29, 1.82) is 0 Å². The Morgan fingerprint density at radius 3 is 2.75 bits per heavy atom. The van der Waals surface area contributed by atoms with Crippen molar-refractivity contribution < 1.29 is 4.79 Å². The predicted molar refractivity (Wildman–Crippen MR) is 76.6 cm³/mol. The monoisotopic (exact) mass is 268 g/mol. The Balaban J connectivity index is 1.99. The maximum absolute atomic E-state index is 12.3. The Labute approximate surface area is 116 Å². The summed E-state index contributed by atoms with van der Waals surface area (Å²) in [6.45, 7) is 2.84. The largest absolute Gasteiger partial charge is 0.292 e.